The Bertz CT molecular complexity index is 590. The Hall–Kier alpha value is -1.47. The van der Waals surface area contributed by atoms with Crippen molar-refractivity contribution >= 4 is 17.7 Å². The third kappa shape index (κ3) is 5.77. The van der Waals surface area contributed by atoms with E-state index < -0.39 is 0 Å². The maximum atomic E-state index is 13.1. The van der Waals surface area contributed by atoms with Gasteiger partial charge in [-0.3, -0.25) is 14.5 Å². The van der Waals surface area contributed by atoms with Gasteiger partial charge in [0.25, 0.3) is 0 Å². The van der Waals surface area contributed by atoms with Crippen molar-refractivity contribution in [2.75, 3.05) is 47.3 Å². The van der Waals surface area contributed by atoms with Crippen LogP contribution in [0.2, 0.25) is 0 Å². The Kier molecular flexibility index (Phi) is 7.62. The molecule has 1 saturated carbocycles. The average molecular weight is 395 g/mol. The topological polar surface area (TPSA) is 73.0 Å². The summed E-state index contributed by atoms with van der Waals surface area (Å²) in [6, 6.07) is 0.0707. The lowest BCUT2D eigenvalue weighted by Crippen LogP contribution is -2.55. The zero-order valence-electron chi connectivity index (χ0n) is 18.5. The van der Waals surface area contributed by atoms with Crippen molar-refractivity contribution in [2.24, 2.45) is 17.3 Å². The first-order valence-corrected chi connectivity index (χ1v) is 10.5. The van der Waals surface area contributed by atoms with Crippen molar-refractivity contribution in [1.82, 2.24) is 20.0 Å². The van der Waals surface area contributed by atoms with Crippen LogP contribution in [0.15, 0.2) is 0 Å². The zero-order chi connectivity index (χ0) is 21.1. The predicted octanol–water partition coefficient (Wildman–Crippen LogP) is 1.82. The lowest BCUT2D eigenvalue weighted by atomic mass is 9.74. The van der Waals surface area contributed by atoms with E-state index in [1.165, 1.54) is 4.90 Å². The van der Waals surface area contributed by atoms with Crippen LogP contribution < -0.4 is 5.32 Å². The average Bonchev–Trinajstić information content (AvgIpc) is 2.59. The number of carbonyl (C=O) groups excluding carboxylic acids is 3. The summed E-state index contributed by atoms with van der Waals surface area (Å²) in [5, 5.41) is 2.95. The molecule has 1 unspecified atom stereocenters. The highest BCUT2D eigenvalue weighted by Crippen LogP contribution is 2.36. The van der Waals surface area contributed by atoms with Gasteiger partial charge in [0.2, 0.25) is 5.91 Å². The lowest BCUT2D eigenvalue weighted by Gasteiger charge is -2.45. The number of likely N-dealkylation sites (tertiary alicyclic amines) is 1. The third-order valence-corrected chi connectivity index (χ3v) is 6.05. The van der Waals surface area contributed by atoms with Gasteiger partial charge in [0.1, 0.15) is 5.78 Å². The standard InChI is InChI=1S/C21H38N4O3/c1-7-25(20(28)22-13-21(2,3)14-23(4)5)19(27)16-10-15-11-17(26)8-9-18(15)24(6)12-16/h15-16,18H,7-14H2,1-6H3,(H,22,28)/t15?,16-,18-/m1/s1. The summed E-state index contributed by atoms with van der Waals surface area (Å²) < 4.78 is 0. The fourth-order valence-electron chi connectivity index (χ4n) is 4.94. The highest BCUT2D eigenvalue weighted by molar-refractivity contribution is 5.95. The van der Waals surface area contributed by atoms with Crippen LogP contribution in [0.1, 0.15) is 46.5 Å². The third-order valence-electron chi connectivity index (χ3n) is 6.05. The second kappa shape index (κ2) is 9.35. The molecule has 0 bridgehead atoms. The summed E-state index contributed by atoms with van der Waals surface area (Å²) in [6.07, 6.45) is 2.81. The van der Waals surface area contributed by atoms with Crippen molar-refractivity contribution in [1.29, 1.82) is 0 Å². The Morgan fingerprint density at radius 2 is 1.96 bits per heavy atom. The number of nitrogens with zero attached hydrogens (tertiary/aromatic N) is 3. The number of fused-ring (bicyclic) bond motifs is 1. The van der Waals surface area contributed by atoms with Crippen molar-refractivity contribution in [3.63, 3.8) is 0 Å². The van der Waals surface area contributed by atoms with Gasteiger partial charge in [0.15, 0.2) is 0 Å². The Labute approximate surface area is 169 Å². The van der Waals surface area contributed by atoms with Gasteiger partial charge in [-0.15, -0.1) is 0 Å². The van der Waals surface area contributed by atoms with E-state index in [0.29, 0.717) is 50.7 Å². The molecular formula is C21H38N4O3. The number of hydrogen-bond acceptors (Lipinski definition) is 5. The van der Waals surface area contributed by atoms with Crippen molar-refractivity contribution in [3.05, 3.63) is 0 Å². The summed E-state index contributed by atoms with van der Waals surface area (Å²) in [6.45, 7) is 8.40. The van der Waals surface area contributed by atoms with Crippen LogP contribution in [0.4, 0.5) is 4.79 Å². The van der Waals surface area contributed by atoms with Gasteiger partial charge in [0, 0.05) is 45.1 Å². The second-order valence-electron chi connectivity index (χ2n) is 9.62. The molecule has 3 amide bonds. The SMILES string of the molecule is CCN(C(=O)NCC(C)(C)CN(C)C)C(=O)[C@@H]1CC2CC(=O)CC[C@H]2N(C)C1. The molecule has 1 N–H and O–H groups in total. The number of amides is 3. The molecule has 2 fully saturated rings. The molecule has 1 saturated heterocycles. The first-order valence-electron chi connectivity index (χ1n) is 10.5. The van der Waals surface area contributed by atoms with Gasteiger partial charge in [-0.05, 0) is 52.2 Å². The summed E-state index contributed by atoms with van der Waals surface area (Å²) >= 11 is 0. The molecule has 1 aliphatic heterocycles. The second-order valence-corrected chi connectivity index (χ2v) is 9.62. The minimum atomic E-state index is -0.316. The number of hydrogen-bond donors (Lipinski definition) is 1. The highest BCUT2D eigenvalue weighted by Gasteiger charge is 2.42. The normalized spacial score (nSPS) is 26.1. The molecular weight excluding hydrogens is 356 g/mol. The monoisotopic (exact) mass is 394 g/mol. The van der Waals surface area contributed by atoms with Gasteiger partial charge < -0.3 is 15.1 Å². The molecule has 2 aliphatic rings. The number of rotatable bonds is 6. The van der Waals surface area contributed by atoms with Crippen LogP contribution in [0.3, 0.4) is 0 Å². The van der Waals surface area contributed by atoms with Crippen LogP contribution in [-0.2, 0) is 9.59 Å². The Morgan fingerprint density at radius 3 is 2.57 bits per heavy atom. The van der Waals surface area contributed by atoms with Gasteiger partial charge in [-0.1, -0.05) is 13.8 Å². The first-order chi connectivity index (χ1) is 13.0. The number of carbonyl (C=O) groups is 3. The molecule has 7 nitrogen and oxygen atoms in total. The number of piperidine rings is 1. The quantitative estimate of drug-likeness (QED) is 0.744. The Morgan fingerprint density at radius 1 is 1.29 bits per heavy atom. The smallest absolute Gasteiger partial charge is 0.324 e. The van der Waals surface area contributed by atoms with Crippen LogP contribution >= 0.6 is 0 Å². The number of Topliss-reactive ketones (excluding diaryl/α,β-unsaturated/α-hetero) is 1. The maximum absolute atomic E-state index is 13.1. The van der Waals surface area contributed by atoms with E-state index in [0.717, 1.165) is 13.0 Å². The molecule has 2 rings (SSSR count). The maximum Gasteiger partial charge on any atom is 0.324 e. The van der Waals surface area contributed by atoms with Gasteiger partial charge in [-0.2, -0.15) is 0 Å². The zero-order valence-corrected chi connectivity index (χ0v) is 18.5. The van der Waals surface area contributed by atoms with Crippen LogP contribution in [0.5, 0.6) is 0 Å². The summed E-state index contributed by atoms with van der Waals surface area (Å²) in [5.41, 5.74) is -0.0810. The van der Waals surface area contributed by atoms with E-state index in [9.17, 15) is 14.4 Å². The molecule has 0 radical (unpaired) electrons. The molecule has 0 aromatic rings. The van der Waals surface area contributed by atoms with E-state index in [1.54, 1.807) is 0 Å². The van der Waals surface area contributed by atoms with Crippen molar-refractivity contribution in [2.45, 2.75) is 52.5 Å². The molecule has 0 aromatic carbocycles. The summed E-state index contributed by atoms with van der Waals surface area (Å²) in [7, 11) is 6.05. The predicted molar refractivity (Wildman–Crippen MR) is 110 cm³/mol. The summed E-state index contributed by atoms with van der Waals surface area (Å²) in [5.74, 6) is 0.192. The van der Waals surface area contributed by atoms with Gasteiger partial charge in [-0.25, -0.2) is 4.79 Å². The molecule has 0 spiro atoms. The number of ketones is 1. The lowest BCUT2D eigenvalue weighted by molar-refractivity contribution is -0.138. The highest BCUT2D eigenvalue weighted by atomic mass is 16.2. The van der Waals surface area contributed by atoms with E-state index in [1.807, 2.05) is 28.1 Å². The molecule has 3 atom stereocenters. The van der Waals surface area contributed by atoms with Crippen molar-refractivity contribution in [3.8, 4) is 0 Å². The van der Waals surface area contributed by atoms with E-state index in [2.05, 4.69) is 29.0 Å². The fourth-order valence-corrected chi connectivity index (χ4v) is 4.94. The van der Waals surface area contributed by atoms with E-state index >= 15 is 0 Å². The van der Waals surface area contributed by atoms with Crippen LogP contribution in [0.25, 0.3) is 0 Å². The number of urea groups is 1. The van der Waals surface area contributed by atoms with Gasteiger partial charge in [0.05, 0.1) is 5.92 Å². The first kappa shape index (κ1) is 22.8. The van der Waals surface area contributed by atoms with Crippen LogP contribution in [0, 0.1) is 17.3 Å². The number of nitrogens with one attached hydrogen (secondary N) is 1. The minimum Gasteiger partial charge on any atom is -0.337 e. The number of imide groups is 1. The van der Waals surface area contributed by atoms with Crippen molar-refractivity contribution < 1.29 is 14.4 Å². The largest absolute Gasteiger partial charge is 0.337 e. The van der Waals surface area contributed by atoms with E-state index in [-0.39, 0.29) is 29.2 Å². The molecule has 160 valence electrons. The molecule has 28 heavy (non-hydrogen) atoms. The Balaban J connectivity index is 1.98. The fraction of sp³-hybridized carbons (Fsp3) is 0.857. The van der Waals surface area contributed by atoms with E-state index in [4.69, 9.17) is 0 Å². The molecule has 1 aliphatic carbocycles. The molecule has 7 heteroatoms. The summed E-state index contributed by atoms with van der Waals surface area (Å²) in [4.78, 5) is 43.4. The molecule has 0 aromatic heterocycles. The molecule has 1 heterocycles. The van der Waals surface area contributed by atoms with Crippen LogP contribution in [-0.4, -0.2) is 85.8 Å². The minimum absolute atomic E-state index is 0.0810. The van der Waals surface area contributed by atoms with Gasteiger partial charge >= 0.3 is 6.03 Å².